The summed E-state index contributed by atoms with van der Waals surface area (Å²) in [5.74, 6) is 3.11. The van der Waals surface area contributed by atoms with Gasteiger partial charge in [0.15, 0.2) is 23.0 Å². The van der Waals surface area contributed by atoms with Crippen LogP contribution in [-0.4, -0.2) is 66.5 Å². The van der Waals surface area contributed by atoms with Crippen molar-refractivity contribution >= 4 is 10.1 Å². The van der Waals surface area contributed by atoms with Gasteiger partial charge in [-0.05, 0) is 47.5 Å². The largest absolute Gasteiger partial charge is 0.744 e. The van der Waals surface area contributed by atoms with Crippen molar-refractivity contribution in [2.24, 2.45) is 0 Å². The van der Waals surface area contributed by atoms with Crippen LogP contribution >= 0.6 is 0 Å². The molecular formula is C28H35NO7S. The van der Waals surface area contributed by atoms with Gasteiger partial charge in [-0.1, -0.05) is 24.3 Å². The Morgan fingerprint density at radius 2 is 1.38 bits per heavy atom. The monoisotopic (exact) mass is 529 g/mol. The Kier molecular flexibility index (Phi) is 9.07. The second kappa shape index (κ2) is 11.9. The fourth-order valence-electron chi connectivity index (χ4n) is 4.58. The van der Waals surface area contributed by atoms with Crippen molar-refractivity contribution < 1.29 is 36.4 Å². The molecule has 0 bridgehead atoms. The molecule has 0 N–H and O–H groups in total. The summed E-state index contributed by atoms with van der Waals surface area (Å²) in [6.07, 6.45) is 1.95. The van der Waals surface area contributed by atoms with E-state index >= 15 is 0 Å². The van der Waals surface area contributed by atoms with Crippen LogP contribution in [0.4, 0.5) is 0 Å². The van der Waals surface area contributed by atoms with E-state index < -0.39 is 10.1 Å². The topological polar surface area (TPSA) is 94.1 Å². The van der Waals surface area contributed by atoms with Gasteiger partial charge < -0.3 is 28.0 Å². The number of hydrogen-bond donors (Lipinski definition) is 0. The summed E-state index contributed by atoms with van der Waals surface area (Å²) in [7, 11) is 7.06. The summed E-state index contributed by atoms with van der Waals surface area (Å²) in [6, 6.07) is 18.0. The van der Waals surface area contributed by atoms with E-state index in [0.717, 1.165) is 46.9 Å². The maximum absolute atomic E-state index is 10.3. The van der Waals surface area contributed by atoms with Gasteiger partial charge in [0.2, 0.25) is 0 Å². The van der Waals surface area contributed by atoms with Crippen LogP contribution in [0.5, 0.6) is 23.0 Å². The zero-order valence-corrected chi connectivity index (χ0v) is 23.0. The molecule has 0 fully saturated rings. The van der Waals surface area contributed by atoms with Crippen LogP contribution in [0.3, 0.4) is 0 Å². The van der Waals surface area contributed by atoms with Crippen LogP contribution in [-0.2, 0) is 23.0 Å². The second-order valence-electron chi connectivity index (χ2n) is 9.33. The maximum Gasteiger partial charge on any atom is 0.161 e. The highest BCUT2D eigenvalue weighted by Gasteiger charge is 2.37. The first kappa shape index (κ1) is 28.3. The summed E-state index contributed by atoms with van der Waals surface area (Å²) < 4.78 is 53.7. The van der Waals surface area contributed by atoms with E-state index in [4.69, 9.17) is 18.9 Å². The predicted molar refractivity (Wildman–Crippen MR) is 141 cm³/mol. The number of hydrogen-bond acceptors (Lipinski definition) is 7. The van der Waals surface area contributed by atoms with Crippen molar-refractivity contribution in [3.63, 3.8) is 0 Å². The number of methoxy groups -OCH3 is 4. The van der Waals surface area contributed by atoms with Gasteiger partial charge in [0.05, 0.1) is 54.0 Å². The molecule has 1 atom stereocenters. The number of quaternary nitrogens is 1. The molecule has 0 radical (unpaired) electrons. The Balaban J connectivity index is 0.000000319. The molecule has 200 valence electrons. The van der Waals surface area contributed by atoms with Crippen LogP contribution in [0.2, 0.25) is 0 Å². The van der Waals surface area contributed by atoms with Crippen LogP contribution < -0.4 is 18.9 Å². The summed E-state index contributed by atoms with van der Waals surface area (Å²) in [5.41, 5.74) is 3.90. The molecule has 1 heterocycles. The molecule has 1 unspecified atom stereocenters. The average Bonchev–Trinajstić information content (AvgIpc) is 2.89. The van der Waals surface area contributed by atoms with Crippen molar-refractivity contribution in [1.29, 1.82) is 0 Å². The van der Waals surface area contributed by atoms with Gasteiger partial charge in [0, 0.05) is 18.4 Å². The summed E-state index contributed by atoms with van der Waals surface area (Å²) in [5, 5.41) is 0. The quantitative estimate of drug-likeness (QED) is 0.334. The lowest BCUT2D eigenvalue weighted by atomic mass is 9.87. The molecule has 0 saturated heterocycles. The first-order valence-electron chi connectivity index (χ1n) is 11.8. The Hall–Kier alpha value is -3.27. The maximum atomic E-state index is 10.3. The van der Waals surface area contributed by atoms with Crippen LogP contribution in [0.15, 0.2) is 65.6 Å². The van der Waals surface area contributed by atoms with Crippen molar-refractivity contribution in [2.75, 3.05) is 49.1 Å². The molecule has 9 heteroatoms. The molecule has 8 nitrogen and oxygen atoms in total. The minimum absolute atomic E-state index is 0.185. The fourth-order valence-corrected chi connectivity index (χ4v) is 5.07. The van der Waals surface area contributed by atoms with E-state index in [0.29, 0.717) is 6.04 Å². The van der Waals surface area contributed by atoms with Crippen molar-refractivity contribution in [2.45, 2.75) is 23.8 Å². The third-order valence-electron chi connectivity index (χ3n) is 6.71. The average molecular weight is 530 g/mol. The van der Waals surface area contributed by atoms with Crippen LogP contribution in [0.25, 0.3) is 0 Å². The van der Waals surface area contributed by atoms with Gasteiger partial charge in [-0.25, -0.2) is 8.42 Å². The number of ether oxygens (including phenoxy) is 4. The highest BCUT2D eigenvalue weighted by Crippen LogP contribution is 2.42. The Labute approximate surface area is 219 Å². The molecular weight excluding hydrogens is 494 g/mol. The van der Waals surface area contributed by atoms with E-state index in [1.54, 1.807) is 34.5 Å². The number of nitrogens with zero attached hydrogens (tertiary/aromatic N) is 1. The first-order chi connectivity index (χ1) is 17.5. The molecule has 3 aromatic rings. The van der Waals surface area contributed by atoms with E-state index in [2.05, 4.69) is 38.4 Å². The van der Waals surface area contributed by atoms with E-state index in [1.165, 1.54) is 41.0 Å². The minimum atomic E-state index is -4.25. The van der Waals surface area contributed by atoms with Crippen molar-refractivity contribution in [1.82, 2.24) is 0 Å². The van der Waals surface area contributed by atoms with Crippen LogP contribution in [0, 0.1) is 0 Å². The molecule has 0 spiro atoms. The number of rotatable bonds is 7. The zero-order valence-electron chi connectivity index (χ0n) is 22.2. The Morgan fingerprint density at radius 3 is 1.92 bits per heavy atom. The molecule has 0 aromatic heterocycles. The van der Waals surface area contributed by atoms with E-state index in [1.807, 2.05) is 6.07 Å². The molecule has 0 amide bonds. The minimum Gasteiger partial charge on any atom is -0.744 e. The fraction of sp³-hybridized carbons (Fsp3) is 0.357. The summed E-state index contributed by atoms with van der Waals surface area (Å²) >= 11 is 0. The lowest BCUT2D eigenvalue weighted by Crippen LogP contribution is -2.48. The van der Waals surface area contributed by atoms with Gasteiger partial charge in [-0.2, -0.15) is 0 Å². The summed E-state index contributed by atoms with van der Waals surface area (Å²) in [6.45, 7) is 1.08. The zero-order chi connectivity index (χ0) is 27.2. The van der Waals surface area contributed by atoms with E-state index in [9.17, 15) is 13.0 Å². The molecule has 3 aromatic carbocycles. The van der Waals surface area contributed by atoms with Gasteiger partial charge >= 0.3 is 0 Å². The Bertz CT molecular complexity index is 1310. The van der Waals surface area contributed by atoms with Crippen molar-refractivity contribution in [3.05, 3.63) is 77.4 Å². The number of fused-ring (bicyclic) bond motifs is 1. The molecule has 4 rings (SSSR count). The van der Waals surface area contributed by atoms with Gasteiger partial charge in [-0.3, -0.25) is 0 Å². The number of likely N-dealkylation sites (N-methyl/N-ethyl adjacent to an activating group) is 1. The SMILES string of the molecule is COc1ccc(CC2c3cc(OC)c(OC)cc3CC[N+]2(C)C)cc1OC.O=S(=O)([O-])c1ccccc1. The third kappa shape index (κ3) is 6.74. The normalized spacial score (nSPS) is 16.0. The molecule has 37 heavy (non-hydrogen) atoms. The smallest absolute Gasteiger partial charge is 0.161 e. The van der Waals surface area contributed by atoms with Gasteiger partial charge in [0.25, 0.3) is 0 Å². The standard InChI is InChI=1S/C22H30NO4.C6H6O3S/c1-23(2)10-9-16-13-21(26-5)22(27-6)14-17(16)18(23)11-15-7-8-19(24-3)20(12-15)25-4;7-10(8,9)6-4-2-1-3-5-6/h7-8,12-14,18H,9-11H2,1-6H3;1-5H,(H,7,8,9)/q+1;/p-1. The lowest BCUT2D eigenvalue weighted by Gasteiger charge is -2.43. The predicted octanol–water partition coefficient (Wildman–Crippen LogP) is 4.23. The molecule has 0 saturated carbocycles. The first-order valence-corrected chi connectivity index (χ1v) is 13.2. The lowest BCUT2D eigenvalue weighted by molar-refractivity contribution is -0.923. The third-order valence-corrected chi connectivity index (χ3v) is 7.56. The highest BCUT2D eigenvalue weighted by atomic mass is 32.2. The van der Waals surface area contributed by atoms with Gasteiger partial charge in [-0.15, -0.1) is 0 Å². The molecule has 1 aliphatic heterocycles. The van der Waals surface area contributed by atoms with Crippen molar-refractivity contribution in [3.8, 4) is 23.0 Å². The van der Waals surface area contributed by atoms with Gasteiger partial charge in [0.1, 0.15) is 16.2 Å². The Morgan fingerprint density at radius 1 is 0.811 bits per heavy atom. The molecule has 0 aliphatic carbocycles. The van der Waals surface area contributed by atoms with Crippen LogP contribution in [0.1, 0.15) is 22.7 Å². The molecule has 1 aliphatic rings. The summed E-state index contributed by atoms with van der Waals surface area (Å²) in [4.78, 5) is -0.185. The highest BCUT2D eigenvalue weighted by molar-refractivity contribution is 7.85. The van der Waals surface area contributed by atoms with E-state index in [-0.39, 0.29) is 4.90 Å². The second-order valence-corrected chi connectivity index (χ2v) is 10.7. The number of benzene rings is 3.